The highest BCUT2D eigenvalue weighted by Crippen LogP contribution is 2.35. The maximum atomic E-state index is 13.6. The minimum atomic E-state index is -1.11. The Labute approximate surface area is 173 Å². The van der Waals surface area contributed by atoms with Crippen LogP contribution in [0.25, 0.3) is 0 Å². The van der Waals surface area contributed by atoms with Crippen LogP contribution in [0.4, 0.5) is 0 Å². The second-order valence-corrected chi connectivity index (χ2v) is 7.96. The number of aliphatic hydroxyl groups is 1. The van der Waals surface area contributed by atoms with Gasteiger partial charge >= 0.3 is 0 Å². The molecular weight excluding hydrogens is 384 g/mol. The maximum Gasteiger partial charge on any atom is 0.262 e. The SMILES string of the molecule is O=C1c2ccccc2C(=O)N1[C@H]1CCC[C@H]2O[C@@H](O)[C@H](Cc3ccccc3)N2C1=O. The van der Waals surface area contributed by atoms with E-state index in [2.05, 4.69) is 0 Å². The van der Waals surface area contributed by atoms with Gasteiger partial charge in [0.05, 0.1) is 17.2 Å². The Morgan fingerprint density at radius 3 is 2.20 bits per heavy atom. The van der Waals surface area contributed by atoms with E-state index in [0.29, 0.717) is 36.8 Å². The summed E-state index contributed by atoms with van der Waals surface area (Å²) >= 11 is 0. The lowest BCUT2D eigenvalue weighted by Crippen LogP contribution is -2.54. The van der Waals surface area contributed by atoms with Crippen molar-refractivity contribution < 1.29 is 24.2 Å². The normalized spacial score (nSPS) is 28.5. The summed E-state index contributed by atoms with van der Waals surface area (Å²) in [6.07, 6.45) is 0.304. The number of benzene rings is 2. The molecular formula is C23H22N2O5. The first-order valence-electron chi connectivity index (χ1n) is 10.2. The smallest absolute Gasteiger partial charge is 0.262 e. The van der Waals surface area contributed by atoms with Crippen molar-refractivity contribution in [3.8, 4) is 0 Å². The van der Waals surface area contributed by atoms with Crippen molar-refractivity contribution in [3.63, 3.8) is 0 Å². The van der Waals surface area contributed by atoms with E-state index in [1.807, 2.05) is 30.3 Å². The van der Waals surface area contributed by atoms with Crippen LogP contribution in [-0.2, 0) is 16.0 Å². The molecule has 0 saturated carbocycles. The first-order chi connectivity index (χ1) is 14.6. The van der Waals surface area contributed by atoms with E-state index in [9.17, 15) is 19.5 Å². The number of rotatable bonds is 3. The molecule has 3 aliphatic rings. The maximum absolute atomic E-state index is 13.6. The topological polar surface area (TPSA) is 87.2 Å². The van der Waals surface area contributed by atoms with Gasteiger partial charge in [0.1, 0.15) is 12.3 Å². The van der Waals surface area contributed by atoms with Crippen LogP contribution in [-0.4, -0.2) is 57.2 Å². The van der Waals surface area contributed by atoms with Crippen LogP contribution >= 0.6 is 0 Å². The van der Waals surface area contributed by atoms with Crippen molar-refractivity contribution in [1.29, 1.82) is 0 Å². The van der Waals surface area contributed by atoms with Crippen LogP contribution in [0, 0.1) is 0 Å². The number of hydrogen-bond acceptors (Lipinski definition) is 5. The van der Waals surface area contributed by atoms with Crippen LogP contribution in [0.5, 0.6) is 0 Å². The van der Waals surface area contributed by atoms with Crippen molar-refractivity contribution >= 4 is 17.7 Å². The van der Waals surface area contributed by atoms with Gasteiger partial charge in [-0.25, -0.2) is 0 Å². The molecule has 3 amide bonds. The molecule has 5 rings (SSSR count). The molecule has 0 aliphatic carbocycles. The van der Waals surface area contributed by atoms with Crippen LogP contribution in [0.1, 0.15) is 45.5 Å². The van der Waals surface area contributed by atoms with Gasteiger partial charge in [-0.2, -0.15) is 0 Å². The van der Waals surface area contributed by atoms with E-state index in [4.69, 9.17) is 4.74 Å². The zero-order valence-corrected chi connectivity index (χ0v) is 16.3. The first kappa shape index (κ1) is 19.0. The van der Waals surface area contributed by atoms with Crippen molar-refractivity contribution in [3.05, 3.63) is 71.3 Å². The number of hydrogen-bond donors (Lipinski definition) is 1. The number of imide groups is 1. The fourth-order valence-electron chi connectivity index (χ4n) is 4.75. The van der Waals surface area contributed by atoms with Gasteiger partial charge in [-0.05, 0) is 43.4 Å². The Morgan fingerprint density at radius 2 is 1.53 bits per heavy atom. The van der Waals surface area contributed by atoms with E-state index < -0.39 is 36.4 Å². The Hall–Kier alpha value is -3.03. The van der Waals surface area contributed by atoms with E-state index >= 15 is 0 Å². The number of aliphatic hydroxyl groups excluding tert-OH is 1. The predicted molar refractivity (Wildman–Crippen MR) is 106 cm³/mol. The van der Waals surface area contributed by atoms with E-state index in [1.54, 1.807) is 29.2 Å². The number of amides is 3. The lowest BCUT2D eigenvalue weighted by molar-refractivity contribution is -0.141. The molecule has 0 radical (unpaired) electrons. The van der Waals surface area contributed by atoms with Crippen molar-refractivity contribution in [1.82, 2.24) is 9.80 Å². The first-order valence-corrected chi connectivity index (χ1v) is 10.2. The van der Waals surface area contributed by atoms with E-state index in [1.165, 1.54) is 0 Å². The molecule has 0 bridgehead atoms. The highest BCUT2D eigenvalue weighted by Gasteiger charge is 2.51. The summed E-state index contributed by atoms with van der Waals surface area (Å²) in [4.78, 5) is 42.1. The third-order valence-corrected chi connectivity index (χ3v) is 6.19. The molecule has 2 aromatic carbocycles. The zero-order valence-electron chi connectivity index (χ0n) is 16.3. The predicted octanol–water partition coefficient (Wildman–Crippen LogP) is 1.95. The minimum Gasteiger partial charge on any atom is -0.366 e. The molecule has 2 saturated heterocycles. The van der Waals surface area contributed by atoms with E-state index in [0.717, 1.165) is 10.5 Å². The standard InChI is InChI=1S/C23H22N2O5/c26-20-15-9-4-5-10-16(15)21(27)25(20)17-11-6-12-19-24(22(17)28)18(23(29)30-19)13-14-7-2-1-3-8-14/h1-5,7-10,17-19,23,29H,6,11-13H2/t17-,18-,19+,23+/m0/s1. The molecule has 0 aromatic heterocycles. The molecule has 1 N–H and O–H groups in total. The van der Waals surface area contributed by atoms with Crippen molar-refractivity contribution in [2.45, 2.75) is 50.3 Å². The average molecular weight is 406 g/mol. The van der Waals surface area contributed by atoms with Crippen molar-refractivity contribution in [2.75, 3.05) is 0 Å². The average Bonchev–Trinajstić information content (AvgIpc) is 3.13. The number of carbonyl (C=O) groups excluding carboxylic acids is 3. The molecule has 0 unspecified atom stereocenters. The Kier molecular flexibility index (Phi) is 4.64. The second kappa shape index (κ2) is 7.34. The summed E-state index contributed by atoms with van der Waals surface area (Å²) < 4.78 is 5.70. The fraction of sp³-hybridized carbons (Fsp3) is 0.348. The van der Waals surface area contributed by atoms with Crippen LogP contribution < -0.4 is 0 Å². The zero-order chi connectivity index (χ0) is 20.8. The quantitative estimate of drug-likeness (QED) is 0.788. The van der Waals surface area contributed by atoms with Gasteiger partial charge in [-0.1, -0.05) is 42.5 Å². The monoisotopic (exact) mass is 406 g/mol. The summed E-state index contributed by atoms with van der Waals surface area (Å²) in [6.45, 7) is 0. The van der Waals surface area contributed by atoms with E-state index in [-0.39, 0.29) is 5.91 Å². The van der Waals surface area contributed by atoms with Gasteiger partial charge < -0.3 is 14.7 Å². The molecule has 30 heavy (non-hydrogen) atoms. The van der Waals surface area contributed by atoms with Crippen LogP contribution in [0.15, 0.2) is 54.6 Å². The highest BCUT2D eigenvalue weighted by atomic mass is 16.6. The Morgan fingerprint density at radius 1 is 0.900 bits per heavy atom. The summed E-state index contributed by atoms with van der Waals surface area (Å²) in [6, 6.07) is 14.8. The fourth-order valence-corrected chi connectivity index (χ4v) is 4.75. The Bertz CT molecular complexity index is 973. The molecule has 2 aromatic rings. The van der Waals surface area contributed by atoms with Gasteiger partial charge in [-0.15, -0.1) is 0 Å². The van der Waals surface area contributed by atoms with Crippen molar-refractivity contribution in [2.24, 2.45) is 0 Å². The number of nitrogens with zero attached hydrogens (tertiary/aromatic N) is 2. The molecule has 2 fully saturated rings. The van der Waals surface area contributed by atoms with Gasteiger partial charge in [0.2, 0.25) is 5.91 Å². The highest BCUT2D eigenvalue weighted by molar-refractivity contribution is 6.22. The molecule has 7 nitrogen and oxygen atoms in total. The number of fused-ring (bicyclic) bond motifs is 2. The Balaban J connectivity index is 1.46. The number of ether oxygens (including phenoxy) is 1. The third-order valence-electron chi connectivity index (χ3n) is 6.19. The largest absolute Gasteiger partial charge is 0.366 e. The summed E-state index contributed by atoms with van der Waals surface area (Å²) in [7, 11) is 0. The molecule has 0 spiro atoms. The molecule has 3 heterocycles. The summed E-state index contributed by atoms with van der Waals surface area (Å²) in [5.74, 6) is -1.22. The van der Waals surface area contributed by atoms with Crippen LogP contribution in [0.2, 0.25) is 0 Å². The lowest BCUT2D eigenvalue weighted by atomic mass is 10.0. The lowest BCUT2D eigenvalue weighted by Gasteiger charge is -2.32. The van der Waals surface area contributed by atoms with Gasteiger partial charge in [-0.3, -0.25) is 19.3 Å². The minimum absolute atomic E-state index is 0.328. The summed E-state index contributed by atoms with van der Waals surface area (Å²) in [5, 5.41) is 10.5. The number of carbonyl (C=O) groups is 3. The third kappa shape index (κ3) is 2.93. The molecule has 7 heteroatoms. The second-order valence-electron chi connectivity index (χ2n) is 7.96. The molecule has 3 aliphatic heterocycles. The molecule has 154 valence electrons. The van der Waals surface area contributed by atoms with Gasteiger partial charge in [0.25, 0.3) is 11.8 Å². The van der Waals surface area contributed by atoms with Gasteiger partial charge in [0, 0.05) is 0 Å². The van der Waals surface area contributed by atoms with Gasteiger partial charge in [0.15, 0.2) is 6.29 Å². The molecule has 4 atom stereocenters. The summed E-state index contributed by atoms with van der Waals surface area (Å²) in [5.41, 5.74) is 1.63. The van der Waals surface area contributed by atoms with Crippen LogP contribution in [0.3, 0.4) is 0 Å².